The van der Waals surface area contributed by atoms with Crippen LogP contribution in [0.25, 0.3) is 0 Å². The summed E-state index contributed by atoms with van der Waals surface area (Å²) in [6.45, 7) is 0. The zero-order chi connectivity index (χ0) is 15.4. The maximum atomic E-state index is 6.07. The molecule has 3 aromatic rings. The highest BCUT2D eigenvalue weighted by molar-refractivity contribution is 9.10. The van der Waals surface area contributed by atoms with Gasteiger partial charge in [0.25, 0.3) is 0 Å². The van der Waals surface area contributed by atoms with E-state index in [1.54, 1.807) is 24.5 Å². The molecule has 0 spiro atoms. The second-order valence-corrected chi connectivity index (χ2v) is 5.28. The number of nitrogens with zero attached hydrogens (tertiary/aromatic N) is 3. The van der Waals surface area contributed by atoms with Crippen LogP contribution in [0, 0.1) is 0 Å². The Bertz CT molecular complexity index is 782. The maximum Gasteiger partial charge on any atom is 0.248 e. The monoisotopic (exact) mass is 357 g/mol. The van der Waals surface area contributed by atoms with Gasteiger partial charge in [-0.15, -0.1) is 0 Å². The minimum absolute atomic E-state index is 0.278. The fourth-order valence-electron chi connectivity index (χ4n) is 1.78. The number of nitrogens with two attached hydrogens (primary N) is 1. The second kappa shape index (κ2) is 6.40. The summed E-state index contributed by atoms with van der Waals surface area (Å²) in [6.07, 6.45) is 4.64. The molecule has 0 aliphatic heterocycles. The number of pyridine rings is 1. The molecule has 0 aliphatic carbocycles. The predicted octanol–water partition coefficient (Wildman–Crippen LogP) is 3.75. The van der Waals surface area contributed by atoms with Crippen LogP contribution in [0.2, 0.25) is 0 Å². The van der Waals surface area contributed by atoms with Gasteiger partial charge >= 0.3 is 0 Å². The van der Waals surface area contributed by atoms with Gasteiger partial charge < -0.3 is 15.8 Å². The molecule has 0 unspecified atom stereocenters. The van der Waals surface area contributed by atoms with E-state index in [-0.39, 0.29) is 5.88 Å². The summed E-state index contributed by atoms with van der Waals surface area (Å²) in [5, 5.41) is 3.14. The number of nitrogens with one attached hydrogen (secondary N) is 1. The molecule has 2 aromatic heterocycles. The number of halogens is 1. The zero-order valence-corrected chi connectivity index (χ0v) is 13.0. The number of aromatic nitrogens is 3. The molecule has 1 aromatic carbocycles. The standard InChI is InChI=1S/C15H12BrN5O/c16-10-3-1-4-11(7-10)21-14-13(17)15(20-9-19-14)22-12-5-2-6-18-8-12/h1-9H,17H2,(H,19,20,21). The summed E-state index contributed by atoms with van der Waals surface area (Å²) >= 11 is 3.42. The van der Waals surface area contributed by atoms with Crippen molar-refractivity contribution in [3.8, 4) is 11.6 Å². The Morgan fingerprint density at radius 3 is 2.82 bits per heavy atom. The fourth-order valence-corrected chi connectivity index (χ4v) is 2.18. The molecule has 3 N–H and O–H groups in total. The number of benzene rings is 1. The third-order valence-corrected chi connectivity index (χ3v) is 3.28. The highest BCUT2D eigenvalue weighted by Gasteiger charge is 2.10. The van der Waals surface area contributed by atoms with Crippen molar-refractivity contribution in [2.45, 2.75) is 0 Å². The SMILES string of the molecule is Nc1c(Nc2cccc(Br)c2)ncnc1Oc1cccnc1. The molecule has 0 atom stereocenters. The summed E-state index contributed by atoms with van der Waals surface area (Å²) in [7, 11) is 0. The third-order valence-electron chi connectivity index (χ3n) is 2.78. The number of rotatable bonds is 4. The summed E-state index contributed by atoms with van der Waals surface area (Å²) in [4.78, 5) is 12.2. The van der Waals surface area contributed by atoms with Crippen LogP contribution < -0.4 is 15.8 Å². The van der Waals surface area contributed by atoms with Gasteiger partial charge in [0.05, 0.1) is 6.20 Å². The van der Waals surface area contributed by atoms with Crippen molar-refractivity contribution in [2.75, 3.05) is 11.1 Å². The first-order valence-corrected chi connectivity index (χ1v) is 7.22. The van der Waals surface area contributed by atoms with Crippen LogP contribution in [0.15, 0.2) is 59.6 Å². The third kappa shape index (κ3) is 3.32. The van der Waals surface area contributed by atoms with Gasteiger partial charge in [0.2, 0.25) is 5.88 Å². The summed E-state index contributed by atoms with van der Waals surface area (Å²) in [6, 6.07) is 11.2. The van der Waals surface area contributed by atoms with E-state index in [0.717, 1.165) is 10.2 Å². The van der Waals surface area contributed by atoms with Crippen LogP contribution in [0.3, 0.4) is 0 Å². The van der Waals surface area contributed by atoms with E-state index in [4.69, 9.17) is 10.5 Å². The van der Waals surface area contributed by atoms with E-state index in [1.807, 2.05) is 24.3 Å². The summed E-state index contributed by atoms with van der Waals surface area (Å²) in [5.41, 5.74) is 7.25. The average Bonchev–Trinajstić information content (AvgIpc) is 2.52. The number of hydrogen-bond donors (Lipinski definition) is 2. The molecule has 0 saturated carbocycles. The van der Waals surface area contributed by atoms with Crippen LogP contribution in [-0.2, 0) is 0 Å². The number of anilines is 3. The van der Waals surface area contributed by atoms with Crippen molar-refractivity contribution in [3.05, 3.63) is 59.6 Å². The lowest BCUT2D eigenvalue weighted by molar-refractivity contribution is 0.462. The van der Waals surface area contributed by atoms with Crippen LogP contribution >= 0.6 is 15.9 Å². The van der Waals surface area contributed by atoms with Gasteiger partial charge in [-0.1, -0.05) is 22.0 Å². The Morgan fingerprint density at radius 2 is 2.05 bits per heavy atom. The van der Waals surface area contributed by atoms with E-state index in [0.29, 0.717) is 17.3 Å². The molecule has 110 valence electrons. The number of ether oxygens (including phenoxy) is 1. The molecule has 0 aliphatic rings. The molecule has 6 nitrogen and oxygen atoms in total. The quantitative estimate of drug-likeness (QED) is 0.739. The molecule has 7 heteroatoms. The highest BCUT2D eigenvalue weighted by atomic mass is 79.9. The van der Waals surface area contributed by atoms with Crippen LogP contribution in [0.1, 0.15) is 0 Å². The van der Waals surface area contributed by atoms with E-state index in [9.17, 15) is 0 Å². The Labute approximate surface area is 135 Å². The molecule has 0 amide bonds. The Hall–Kier alpha value is -2.67. The first kappa shape index (κ1) is 14.3. The zero-order valence-electron chi connectivity index (χ0n) is 11.4. The largest absolute Gasteiger partial charge is 0.435 e. The Kier molecular flexibility index (Phi) is 4.15. The maximum absolute atomic E-state index is 6.07. The average molecular weight is 358 g/mol. The molecule has 3 rings (SSSR count). The Balaban J connectivity index is 1.86. The summed E-state index contributed by atoms with van der Waals surface area (Å²) < 4.78 is 6.58. The normalized spacial score (nSPS) is 10.2. The van der Waals surface area contributed by atoms with Crippen molar-refractivity contribution in [1.29, 1.82) is 0 Å². The molecule has 0 radical (unpaired) electrons. The predicted molar refractivity (Wildman–Crippen MR) is 88.2 cm³/mol. The molecule has 0 bridgehead atoms. The van der Waals surface area contributed by atoms with Crippen molar-refractivity contribution in [1.82, 2.24) is 15.0 Å². The van der Waals surface area contributed by atoms with Gasteiger partial charge in [-0.2, -0.15) is 4.98 Å². The van der Waals surface area contributed by atoms with Crippen molar-refractivity contribution >= 4 is 33.1 Å². The van der Waals surface area contributed by atoms with Crippen LogP contribution in [0.4, 0.5) is 17.2 Å². The molecule has 0 saturated heterocycles. The minimum atomic E-state index is 0.278. The smallest absolute Gasteiger partial charge is 0.248 e. The lowest BCUT2D eigenvalue weighted by Crippen LogP contribution is -2.03. The van der Waals surface area contributed by atoms with E-state index >= 15 is 0 Å². The first-order valence-electron chi connectivity index (χ1n) is 6.43. The molecule has 22 heavy (non-hydrogen) atoms. The summed E-state index contributed by atoms with van der Waals surface area (Å²) in [5.74, 6) is 1.31. The number of nitrogen functional groups attached to an aromatic ring is 1. The van der Waals surface area contributed by atoms with Crippen molar-refractivity contribution in [3.63, 3.8) is 0 Å². The lowest BCUT2D eigenvalue weighted by Gasteiger charge is -2.11. The van der Waals surface area contributed by atoms with E-state index in [2.05, 4.69) is 36.2 Å². The molecule has 0 fully saturated rings. The van der Waals surface area contributed by atoms with Gasteiger partial charge in [0.1, 0.15) is 17.8 Å². The van der Waals surface area contributed by atoms with Gasteiger partial charge in [0.15, 0.2) is 5.82 Å². The van der Waals surface area contributed by atoms with Gasteiger partial charge in [0, 0.05) is 16.4 Å². The minimum Gasteiger partial charge on any atom is -0.435 e. The highest BCUT2D eigenvalue weighted by Crippen LogP contribution is 2.30. The van der Waals surface area contributed by atoms with E-state index in [1.165, 1.54) is 6.33 Å². The molecule has 2 heterocycles. The Morgan fingerprint density at radius 1 is 1.14 bits per heavy atom. The van der Waals surface area contributed by atoms with Gasteiger partial charge in [-0.05, 0) is 30.3 Å². The van der Waals surface area contributed by atoms with Crippen LogP contribution in [0.5, 0.6) is 11.6 Å². The second-order valence-electron chi connectivity index (χ2n) is 4.37. The lowest BCUT2D eigenvalue weighted by atomic mass is 10.3. The fraction of sp³-hybridized carbons (Fsp3) is 0. The van der Waals surface area contributed by atoms with E-state index < -0.39 is 0 Å². The van der Waals surface area contributed by atoms with Crippen molar-refractivity contribution < 1.29 is 4.74 Å². The van der Waals surface area contributed by atoms with Crippen molar-refractivity contribution in [2.24, 2.45) is 0 Å². The molecular weight excluding hydrogens is 346 g/mol. The first-order chi connectivity index (χ1) is 10.7. The number of hydrogen-bond acceptors (Lipinski definition) is 6. The van der Waals surface area contributed by atoms with Crippen LogP contribution in [-0.4, -0.2) is 15.0 Å². The van der Waals surface area contributed by atoms with Gasteiger partial charge in [-0.25, -0.2) is 4.98 Å². The topological polar surface area (TPSA) is 86.0 Å². The molecular formula is C15H12BrN5O. The van der Waals surface area contributed by atoms with Gasteiger partial charge in [-0.3, -0.25) is 4.98 Å².